The summed E-state index contributed by atoms with van der Waals surface area (Å²) in [5.74, 6) is -0.889. The molecular weight excluding hydrogens is 395 g/mol. The largest absolute Gasteiger partial charge is 0.573 e. The molecule has 0 aliphatic heterocycles. The van der Waals surface area contributed by atoms with Crippen LogP contribution in [-0.2, 0) is 0 Å². The van der Waals surface area contributed by atoms with Crippen LogP contribution >= 0.6 is 11.3 Å². The van der Waals surface area contributed by atoms with Crippen LogP contribution in [0.1, 0.15) is 10.5 Å². The molecule has 0 aliphatic carbocycles. The van der Waals surface area contributed by atoms with Gasteiger partial charge in [-0.3, -0.25) is 10.1 Å². The van der Waals surface area contributed by atoms with Gasteiger partial charge in [0.1, 0.15) is 5.75 Å². The van der Waals surface area contributed by atoms with Crippen molar-refractivity contribution in [3.8, 4) is 11.4 Å². The van der Waals surface area contributed by atoms with Crippen molar-refractivity contribution in [2.45, 2.75) is 6.36 Å². The Balaban J connectivity index is 1.51. The quantitative estimate of drug-likeness (QED) is 0.554. The number of rotatable bonds is 4. The van der Waals surface area contributed by atoms with Crippen molar-refractivity contribution in [1.29, 1.82) is 0 Å². The number of anilines is 1. The monoisotopic (exact) mass is 405 g/mol. The molecule has 0 bridgehead atoms. The molecule has 2 aromatic carbocycles. The highest BCUT2D eigenvalue weighted by atomic mass is 32.1. The number of hydrogen-bond donors (Lipinski definition) is 1. The van der Waals surface area contributed by atoms with Crippen LogP contribution in [0.2, 0.25) is 0 Å². The predicted octanol–water partition coefficient (Wildman–Crippen LogP) is 4.03. The van der Waals surface area contributed by atoms with Gasteiger partial charge >= 0.3 is 6.36 Å². The van der Waals surface area contributed by atoms with Crippen LogP contribution in [-0.4, -0.2) is 32.2 Å². The number of amides is 1. The summed E-state index contributed by atoms with van der Waals surface area (Å²) in [4.78, 5) is 16.5. The average molecular weight is 405 g/mol. The second-order valence-electron chi connectivity index (χ2n) is 5.53. The minimum atomic E-state index is -4.78. The van der Waals surface area contributed by atoms with Crippen molar-refractivity contribution < 1.29 is 22.7 Å². The van der Waals surface area contributed by atoms with Crippen LogP contribution in [0.15, 0.2) is 54.7 Å². The number of nitrogens with zero attached hydrogens (tertiary/aromatic N) is 4. The van der Waals surface area contributed by atoms with E-state index >= 15 is 0 Å². The summed E-state index contributed by atoms with van der Waals surface area (Å²) in [6.07, 6.45) is -3.31. The highest BCUT2D eigenvalue weighted by Gasteiger charge is 2.31. The number of hydrogen-bond acceptors (Lipinski definition) is 6. The lowest BCUT2D eigenvalue weighted by Gasteiger charge is -2.07. The standard InChI is InChI=1S/C17H10F3N5O2S/c18-17(19,20)27-11-6-7-12-14(8-11)28-16(21-12)22-15(26)13-9-25(24-23-13)10-4-2-1-3-5-10/h1-9H,(H,21,22,26). The molecule has 1 N–H and O–H groups in total. The molecule has 0 fully saturated rings. The number of nitrogens with one attached hydrogen (secondary N) is 1. The highest BCUT2D eigenvalue weighted by molar-refractivity contribution is 7.22. The molecule has 11 heteroatoms. The van der Waals surface area contributed by atoms with Crippen LogP contribution in [0.25, 0.3) is 15.9 Å². The van der Waals surface area contributed by atoms with Gasteiger partial charge in [-0.15, -0.1) is 18.3 Å². The average Bonchev–Trinajstić information content (AvgIpc) is 3.27. The van der Waals surface area contributed by atoms with Crippen molar-refractivity contribution in [2.24, 2.45) is 0 Å². The SMILES string of the molecule is O=C(Nc1nc2ccc(OC(F)(F)F)cc2s1)c1cn(-c2ccccc2)nn1. The molecule has 28 heavy (non-hydrogen) atoms. The molecule has 0 saturated carbocycles. The Hall–Kier alpha value is -3.47. The van der Waals surface area contributed by atoms with Gasteiger partial charge in [0, 0.05) is 6.07 Å². The number of carbonyl (C=O) groups excluding carboxylic acids is 1. The molecule has 1 amide bonds. The van der Waals surface area contributed by atoms with E-state index < -0.39 is 12.3 Å². The maximum absolute atomic E-state index is 12.4. The minimum Gasteiger partial charge on any atom is -0.406 e. The third-order valence-electron chi connectivity index (χ3n) is 3.56. The van der Waals surface area contributed by atoms with Gasteiger partial charge in [-0.2, -0.15) is 0 Å². The first kappa shape index (κ1) is 17.9. The molecule has 0 saturated heterocycles. The zero-order valence-corrected chi connectivity index (χ0v) is 14.7. The Labute approximate surface area is 159 Å². The lowest BCUT2D eigenvalue weighted by Crippen LogP contribution is -2.16. The Kier molecular flexibility index (Phi) is 4.43. The molecule has 7 nitrogen and oxygen atoms in total. The number of halogens is 3. The molecule has 0 spiro atoms. The maximum atomic E-state index is 12.4. The number of alkyl halides is 3. The van der Waals surface area contributed by atoms with E-state index in [4.69, 9.17) is 0 Å². The third-order valence-corrected chi connectivity index (χ3v) is 4.49. The van der Waals surface area contributed by atoms with Crippen molar-refractivity contribution in [1.82, 2.24) is 20.0 Å². The zero-order chi connectivity index (χ0) is 19.7. The fourth-order valence-corrected chi connectivity index (χ4v) is 3.28. The molecule has 4 rings (SSSR count). The summed E-state index contributed by atoms with van der Waals surface area (Å²) in [6.45, 7) is 0. The van der Waals surface area contributed by atoms with Gasteiger partial charge in [0.15, 0.2) is 10.8 Å². The smallest absolute Gasteiger partial charge is 0.406 e. The van der Waals surface area contributed by atoms with Crippen molar-refractivity contribution in [3.05, 3.63) is 60.4 Å². The molecule has 0 unspecified atom stereocenters. The van der Waals surface area contributed by atoms with Crippen LogP contribution in [0.5, 0.6) is 5.75 Å². The summed E-state index contributed by atoms with van der Waals surface area (Å²) < 4.78 is 42.7. The number of thiazole rings is 1. The van der Waals surface area contributed by atoms with E-state index in [0.29, 0.717) is 10.2 Å². The fourth-order valence-electron chi connectivity index (χ4n) is 2.39. The Morgan fingerprint density at radius 1 is 1.14 bits per heavy atom. The molecular formula is C17H10F3N5O2S. The van der Waals surface area contributed by atoms with E-state index in [1.165, 1.54) is 23.0 Å². The van der Waals surface area contributed by atoms with Gasteiger partial charge in [0.2, 0.25) is 0 Å². The number of para-hydroxylation sites is 1. The first-order chi connectivity index (χ1) is 13.4. The maximum Gasteiger partial charge on any atom is 0.573 e. The lowest BCUT2D eigenvalue weighted by atomic mass is 10.3. The molecule has 142 valence electrons. The van der Waals surface area contributed by atoms with Crippen molar-refractivity contribution >= 4 is 32.6 Å². The topological polar surface area (TPSA) is 81.9 Å². The molecule has 0 radical (unpaired) electrons. The summed E-state index contributed by atoms with van der Waals surface area (Å²) in [7, 11) is 0. The Bertz CT molecular complexity index is 1140. The number of ether oxygens (including phenoxy) is 1. The molecule has 2 heterocycles. The number of fused-ring (bicyclic) bond motifs is 1. The summed E-state index contributed by atoms with van der Waals surface area (Å²) in [6, 6.07) is 12.9. The van der Waals surface area contributed by atoms with Crippen LogP contribution < -0.4 is 10.1 Å². The molecule has 2 aromatic heterocycles. The van der Waals surface area contributed by atoms with Crippen molar-refractivity contribution in [2.75, 3.05) is 5.32 Å². The van der Waals surface area contributed by atoms with E-state index in [2.05, 4.69) is 25.3 Å². The normalized spacial score (nSPS) is 11.5. The number of carbonyl (C=O) groups is 1. The van der Waals surface area contributed by atoms with E-state index in [9.17, 15) is 18.0 Å². The molecule has 0 atom stereocenters. The number of benzene rings is 2. The van der Waals surface area contributed by atoms with Crippen LogP contribution in [0.4, 0.5) is 18.3 Å². The summed E-state index contributed by atoms with van der Waals surface area (Å²) in [5, 5.41) is 10.5. The minimum absolute atomic E-state index is 0.0733. The van der Waals surface area contributed by atoms with Gasteiger partial charge in [-0.25, -0.2) is 9.67 Å². The second-order valence-corrected chi connectivity index (χ2v) is 6.57. The number of aromatic nitrogens is 4. The van der Waals surface area contributed by atoms with Crippen LogP contribution in [0.3, 0.4) is 0 Å². The van der Waals surface area contributed by atoms with Gasteiger partial charge in [-0.1, -0.05) is 34.7 Å². The first-order valence-electron chi connectivity index (χ1n) is 7.83. The first-order valence-corrected chi connectivity index (χ1v) is 8.64. The third kappa shape index (κ3) is 3.93. The van der Waals surface area contributed by atoms with Gasteiger partial charge < -0.3 is 4.74 Å². The highest BCUT2D eigenvalue weighted by Crippen LogP contribution is 2.31. The van der Waals surface area contributed by atoms with E-state index in [0.717, 1.165) is 23.1 Å². The Morgan fingerprint density at radius 2 is 1.93 bits per heavy atom. The van der Waals surface area contributed by atoms with E-state index in [1.54, 1.807) is 0 Å². The molecule has 0 aliphatic rings. The van der Waals surface area contributed by atoms with Gasteiger partial charge in [0.25, 0.3) is 5.91 Å². The van der Waals surface area contributed by atoms with Gasteiger partial charge in [-0.05, 0) is 24.3 Å². The van der Waals surface area contributed by atoms with E-state index in [1.807, 2.05) is 30.3 Å². The fraction of sp³-hybridized carbons (Fsp3) is 0.0588. The zero-order valence-electron chi connectivity index (χ0n) is 13.8. The predicted molar refractivity (Wildman–Crippen MR) is 95.6 cm³/mol. The summed E-state index contributed by atoms with van der Waals surface area (Å²) >= 11 is 1.02. The van der Waals surface area contributed by atoms with Crippen LogP contribution in [0, 0.1) is 0 Å². The van der Waals surface area contributed by atoms with E-state index in [-0.39, 0.29) is 16.6 Å². The Morgan fingerprint density at radius 3 is 2.68 bits per heavy atom. The second kappa shape index (κ2) is 6.93. The summed E-state index contributed by atoms with van der Waals surface area (Å²) in [5.41, 5.74) is 1.25. The lowest BCUT2D eigenvalue weighted by molar-refractivity contribution is -0.274. The van der Waals surface area contributed by atoms with Gasteiger partial charge in [0.05, 0.1) is 22.1 Å². The van der Waals surface area contributed by atoms with Crippen molar-refractivity contribution in [3.63, 3.8) is 0 Å². The molecule has 4 aromatic rings.